The Balaban J connectivity index is 2.55. The second kappa shape index (κ2) is 5.32. The fourth-order valence-corrected chi connectivity index (χ4v) is 1.76. The van der Waals surface area contributed by atoms with Gasteiger partial charge < -0.3 is 10.1 Å². The zero-order valence-electron chi connectivity index (χ0n) is 10.4. The van der Waals surface area contributed by atoms with E-state index in [1.807, 2.05) is 14.0 Å². The molecule has 0 aliphatic carbocycles. The number of aromatic nitrogens is 4. The maximum Gasteiger partial charge on any atom is 0.173 e. The van der Waals surface area contributed by atoms with Crippen LogP contribution >= 0.6 is 11.6 Å². The highest BCUT2D eigenvalue weighted by molar-refractivity contribution is 6.30. The smallest absolute Gasteiger partial charge is 0.173 e. The second-order valence-corrected chi connectivity index (χ2v) is 4.21. The molecule has 0 spiro atoms. The Hall–Kier alpha value is -1.66. The van der Waals surface area contributed by atoms with Crippen molar-refractivity contribution < 1.29 is 4.74 Å². The molecule has 1 atom stereocenters. The Morgan fingerprint density at radius 2 is 2.22 bits per heavy atom. The number of hydrogen-bond donors (Lipinski definition) is 1. The summed E-state index contributed by atoms with van der Waals surface area (Å²) in [5.74, 6) is 1.36. The zero-order chi connectivity index (χ0) is 13.1. The Morgan fingerprint density at radius 3 is 2.89 bits per heavy atom. The van der Waals surface area contributed by atoms with Crippen molar-refractivity contribution in [3.05, 3.63) is 29.0 Å². The molecule has 1 heterocycles. The van der Waals surface area contributed by atoms with Crippen LogP contribution in [0, 0.1) is 0 Å². The third kappa shape index (κ3) is 2.30. The number of nitrogens with zero attached hydrogens (tertiary/aromatic N) is 4. The summed E-state index contributed by atoms with van der Waals surface area (Å²) in [5.41, 5.74) is 0.715. The Bertz CT molecular complexity index is 542. The molecule has 1 unspecified atom stereocenters. The number of tetrazole rings is 1. The Kier molecular flexibility index (Phi) is 3.78. The van der Waals surface area contributed by atoms with Gasteiger partial charge in [0.2, 0.25) is 0 Å². The topological polar surface area (TPSA) is 64.9 Å². The lowest BCUT2D eigenvalue weighted by Crippen LogP contribution is -2.18. The molecule has 7 heteroatoms. The molecular weight excluding hydrogens is 254 g/mol. The van der Waals surface area contributed by atoms with Crippen LogP contribution < -0.4 is 10.1 Å². The molecule has 1 aromatic carbocycles. The molecule has 18 heavy (non-hydrogen) atoms. The highest BCUT2D eigenvalue weighted by Gasteiger charge is 2.17. The number of methoxy groups -OCH3 is 1. The first-order valence-electron chi connectivity index (χ1n) is 5.46. The molecule has 0 bridgehead atoms. The molecule has 0 radical (unpaired) electrons. The van der Waals surface area contributed by atoms with E-state index in [4.69, 9.17) is 16.3 Å². The predicted molar refractivity (Wildman–Crippen MR) is 68.2 cm³/mol. The molecule has 2 aromatic rings. The minimum absolute atomic E-state index is 0.0173. The molecule has 1 N–H and O–H groups in total. The normalized spacial score (nSPS) is 12.4. The van der Waals surface area contributed by atoms with Crippen LogP contribution in [0.4, 0.5) is 0 Å². The molecule has 0 saturated heterocycles. The molecule has 96 valence electrons. The van der Waals surface area contributed by atoms with Gasteiger partial charge in [0.15, 0.2) is 5.82 Å². The second-order valence-electron chi connectivity index (χ2n) is 3.78. The Morgan fingerprint density at radius 1 is 1.44 bits per heavy atom. The summed E-state index contributed by atoms with van der Waals surface area (Å²) in [5, 5.41) is 15.4. The molecular formula is C11H14ClN5O. The SMILES string of the molecule is CNC(C)c1nnnn1-c1cc(Cl)ccc1OC. The van der Waals surface area contributed by atoms with E-state index in [2.05, 4.69) is 20.8 Å². The van der Waals surface area contributed by atoms with Crippen molar-refractivity contribution in [1.82, 2.24) is 25.5 Å². The lowest BCUT2D eigenvalue weighted by atomic mass is 10.2. The van der Waals surface area contributed by atoms with Gasteiger partial charge in [-0.05, 0) is 42.6 Å². The van der Waals surface area contributed by atoms with E-state index in [-0.39, 0.29) is 6.04 Å². The van der Waals surface area contributed by atoms with Gasteiger partial charge in [-0.25, -0.2) is 0 Å². The number of hydrogen-bond acceptors (Lipinski definition) is 5. The third-order valence-corrected chi connectivity index (χ3v) is 2.92. The zero-order valence-corrected chi connectivity index (χ0v) is 11.1. The van der Waals surface area contributed by atoms with Gasteiger partial charge in [0.25, 0.3) is 0 Å². The molecule has 0 saturated carbocycles. The lowest BCUT2D eigenvalue weighted by Gasteiger charge is -2.13. The van der Waals surface area contributed by atoms with E-state index < -0.39 is 0 Å². The minimum atomic E-state index is 0.0173. The van der Waals surface area contributed by atoms with Gasteiger partial charge in [-0.2, -0.15) is 4.68 Å². The van der Waals surface area contributed by atoms with Crippen molar-refractivity contribution in [3.8, 4) is 11.4 Å². The predicted octanol–water partition coefficient (Wildman–Crippen LogP) is 1.60. The summed E-state index contributed by atoms with van der Waals surface area (Å²) < 4.78 is 6.91. The number of benzene rings is 1. The van der Waals surface area contributed by atoms with Crippen LogP contribution in [0.15, 0.2) is 18.2 Å². The molecule has 2 rings (SSSR count). The van der Waals surface area contributed by atoms with E-state index in [0.717, 1.165) is 0 Å². The average molecular weight is 268 g/mol. The van der Waals surface area contributed by atoms with Crippen molar-refractivity contribution in [2.45, 2.75) is 13.0 Å². The van der Waals surface area contributed by atoms with Crippen molar-refractivity contribution in [1.29, 1.82) is 0 Å². The molecule has 0 aliphatic rings. The molecule has 0 amide bonds. The Labute approximate surface area is 110 Å². The first-order valence-corrected chi connectivity index (χ1v) is 5.84. The summed E-state index contributed by atoms with van der Waals surface area (Å²) in [6, 6.07) is 5.33. The first-order chi connectivity index (χ1) is 8.67. The van der Waals surface area contributed by atoms with Gasteiger partial charge >= 0.3 is 0 Å². The monoisotopic (exact) mass is 267 g/mol. The third-order valence-electron chi connectivity index (χ3n) is 2.68. The van der Waals surface area contributed by atoms with E-state index in [9.17, 15) is 0 Å². The van der Waals surface area contributed by atoms with Crippen LogP contribution in [0.2, 0.25) is 5.02 Å². The molecule has 6 nitrogen and oxygen atoms in total. The molecule has 0 fully saturated rings. The minimum Gasteiger partial charge on any atom is -0.494 e. The first kappa shape index (κ1) is 12.8. The van der Waals surface area contributed by atoms with Gasteiger partial charge in [0.05, 0.1) is 13.2 Å². The average Bonchev–Trinajstić information content (AvgIpc) is 2.86. The summed E-state index contributed by atoms with van der Waals surface area (Å²) in [6.45, 7) is 1.97. The van der Waals surface area contributed by atoms with Crippen molar-refractivity contribution >= 4 is 11.6 Å². The van der Waals surface area contributed by atoms with Crippen LogP contribution in [0.3, 0.4) is 0 Å². The van der Waals surface area contributed by atoms with E-state index in [1.54, 1.807) is 30.0 Å². The summed E-state index contributed by atoms with van der Waals surface area (Å²) in [6.07, 6.45) is 0. The standard InChI is InChI=1S/C11H14ClN5O/c1-7(13-2)11-14-15-16-17(11)9-6-8(12)4-5-10(9)18-3/h4-7,13H,1-3H3. The van der Waals surface area contributed by atoms with Crippen molar-refractivity contribution in [2.75, 3.05) is 14.2 Å². The fourth-order valence-electron chi connectivity index (χ4n) is 1.59. The van der Waals surface area contributed by atoms with Gasteiger partial charge in [-0.1, -0.05) is 11.6 Å². The van der Waals surface area contributed by atoms with Crippen LogP contribution in [0.1, 0.15) is 18.8 Å². The lowest BCUT2D eigenvalue weighted by molar-refractivity contribution is 0.410. The van der Waals surface area contributed by atoms with E-state index in [1.165, 1.54) is 0 Å². The highest BCUT2D eigenvalue weighted by Crippen LogP contribution is 2.27. The van der Waals surface area contributed by atoms with E-state index in [0.29, 0.717) is 22.3 Å². The number of halogens is 1. The maximum atomic E-state index is 6.00. The fraction of sp³-hybridized carbons (Fsp3) is 0.364. The largest absolute Gasteiger partial charge is 0.494 e. The number of ether oxygens (including phenoxy) is 1. The van der Waals surface area contributed by atoms with Gasteiger partial charge in [0.1, 0.15) is 11.4 Å². The molecule has 0 aliphatic heterocycles. The summed E-state index contributed by atoms with van der Waals surface area (Å²) >= 11 is 6.00. The number of rotatable bonds is 4. The van der Waals surface area contributed by atoms with Crippen molar-refractivity contribution in [2.24, 2.45) is 0 Å². The number of nitrogens with one attached hydrogen (secondary N) is 1. The van der Waals surface area contributed by atoms with Gasteiger partial charge in [-0.3, -0.25) is 0 Å². The van der Waals surface area contributed by atoms with Crippen LogP contribution in [-0.2, 0) is 0 Å². The van der Waals surface area contributed by atoms with Crippen LogP contribution in [-0.4, -0.2) is 34.4 Å². The van der Waals surface area contributed by atoms with Crippen molar-refractivity contribution in [3.63, 3.8) is 0 Å². The van der Waals surface area contributed by atoms with Gasteiger partial charge in [0, 0.05) is 5.02 Å². The summed E-state index contributed by atoms with van der Waals surface area (Å²) in [4.78, 5) is 0. The van der Waals surface area contributed by atoms with Crippen LogP contribution in [0.5, 0.6) is 5.75 Å². The van der Waals surface area contributed by atoms with Gasteiger partial charge in [-0.15, -0.1) is 5.10 Å². The summed E-state index contributed by atoms with van der Waals surface area (Å²) in [7, 11) is 3.44. The maximum absolute atomic E-state index is 6.00. The highest BCUT2D eigenvalue weighted by atomic mass is 35.5. The molecule has 1 aromatic heterocycles. The van der Waals surface area contributed by atoms with E-state index >= 15 is 0 Å². The van der Waals surface area contributed by atoms with Crippen LogP contribution in [0.25, 0.3) is 5.69 Å². The quantitative estimate of drug-likeness (QED) is 0.912.